The summed E-state index contributed by atoms with van der Waals surface area (Å²) in [5.41, 5.74) is 7.25. The Morgan fingerprint density at radius 2 is 1.86 bits per heavy atom. The molecule has 36 heavy (non-hydrogen) atoms. The van der Waals surface area contributed by atoms with Crippen LogP contribution in [0, 0.1) is 5.82 Å². The molecule has 4 rings (SSSR count). The molecular weight excluding hydrogens is 481 g/mol. The molecule has 0 bridgehead atoms. The fraction of sp³-hybridized carbons (Fsp3) is 0.214. The number of carbonyl (C=O) groups excluding carboxylic acids is 2. The SMILES string of the molecule is NC1C=CCN(C(=O)CN(C(=O)Cc2cccc(Cl)c2)c2ccc(Oc3ccccc3F)cc2)CC1. The van der Waals surface area contributed by atoms with Crippen LogP contribution in [0.1, 0.15) is 12.0 Å². The van der Waals surface area contributed by atoms with Gasteiger partial charge in [0.15, 0.2) is 11.6 Å². The van der Waals surface area contributed by atoms with E-state index < -0.39 is 5.82 Å². The Morgan fingerprint density at radius 1 is 1.08 bits per heavy atom. The fourth-order valence-electron chi connectivity index (χ4n) is 3.91. The van der Waals surface area contributed by atoms with Gasteiger partial charge in [-0.25, -0.2) is 4.39 Å². The standard InChI is InChI=1S/C28H27ClFN3O3/c29-21-6-3-5-20(17-21)18-27(34)33(19-28(35)32-15-4-7-22(31)14-16-32)23-10-12-24(13-11-23)36-26-9-2-1-8-25(26)30/h1-13,17,22H,14-16,18-19,31H2. The van der Waals surface area contributed by atoms with Gasteiger partial charge in [-0.05, 0) is 60.5 Å². The normalized spacial score (nSPS) is 15.3. The number of ether oxygens (including phenoxy) is 1. The van der Waals surface area contributed by atoms with Crippen molar-refractivity contribution in [1.82, 2.24) is 4.90 Å². The summed E-state index contributed by atoms with van der Waals surface area (Å²) in [6.45, 7) is 0.826. The second-order valence-electron chi connectivity index (χ2n) is 8.53. The molecule has 3 aromatic carbocycles. The number of carbonyl (C=O) groups is 2. The zero-order valence-electron chi connectivity index (χ0n) is 19.6. The molecule has 0 radical (unpaired) electrons. The van der Waals surface area contributed by atoms with Crippen LogP contribution in [0.3, 0.4) is 0 Å². The van der Waals surface area contributed by atoms with Crippen LogP contribution in [0.25, 0.3) is 0 Å². The quantitative estimate of drug-likeness (QED) is 0.458. The average molecular weight is 508 g/mol. The van der Waals surface area contributed by atoms with Crippen LogP contribution in [0.4, 0.5) is 10.1 Å². The number of hydrogen-bond acceptors (Lipinski definition) is 4. The molecule has 2 amide bonds. The van der Waals surface area contributed by atoms with Gasteiger partial charge in [-0.15, -0.1) is 0 Å². The molecule has 0 fully saturated rings. The molecule has 0 aromatic heterocycles. The van der Waals surface area contributed by atoms with Crippen molar-refractivity contribution in [2.24, 2.45) is 5.73 Å². The van der Waals surface area contributed by atoms with Crippen LogP contribution in [-0.2, 0) is 16.0 Å². The lowest BCUT2D eigenvalue weighted by Gasteiger charge is -2.27. The minimum absolute atomic E-state index is 0.0755. The molecule has 1 aliphatic heterocycles. The van der Waals surface area contributed by atoms with Gasteiger partial charge in [0.25, 0.3) is 0 Å². The highest BCUT2D eigenvalue weighted by atomic mass is 35.5. The minimum Gasteiger partial charge on any atom is -0.454 e. The summed E-state index contributed by atoms with van der Waals surface area (Å²) < 4.78 is 19.6. The molecule has 3 aromatic rings. The van der Waals surface area contributed by atoms with E-state index in [1.807, 2.05) is 18.2 Å². The first-order valence-corrected chi connectivity index (χ1v) is 12.0. The maximum atomic E-state index is 14.0. The van der Waals surface area contributed by atoms with Crippen molar-refractivity contribution < 1.29 is 18.7 Å². The monoisotopic (exact) mass is 507 g/mol. The predicted octanol–water partition coefficient (Wildman–Crippen LogP) is 4.96. The van der Waals surface area contributed by atoms with Crippen molar-refractivity contribution in [2.45, 2.75) is 18.9 Å². The molecule has 8 heteroatoms. The lowest BCUT2D eigenvalue weighted by molar-refractivity contribution is -0.131. The van der Waals surface area contributed by atoms with Crippen molar-refractivity contribution in [1.29, 1.82) is 0 Å². The molecule has 2 N–H and O–H groups in total. The molecule has 186 valence electrons. The molecule has 1 heterocycles. The molecule has 1 atom stereocenters. The summed E-state index contributed by atoms with van der Waals surface area (Å²) in [7, 11) is 0. The van der Waals surface area contributed by atoms with Crippen molar-refractivity contribution in [3.8, 4) is 11.5 Å². The van der Waals surface area contributed by atoms with Crippen LogP contribution in [0.15, 0.2) is 84.9 Å². The third-order valence-corrected chi connectivity index (χ3v) is 6.08. The predicted molar refractivity (Wildman–Crippen MR) is 139 cm³/mol. The molecule has 1 unspecified atom stereocenters. The number of hydrogen-bond donors (Lipinski definition) is 1. The first-order chi connectivity index (χ1) is 17.4. The Morgan fingerprint density at radius 3 is 2.61 bits per heavy atom. The first kappa shape index (κ1) is 25.4. The van der Waals surface area contributed by atoms with E-state index in [1.54, 1.807) is 59.5 Å². The van der Waals surface area contributed by atoms with Gasteiger partial charge in [-0.1, -0.05) is 48.0 Å². The number of amides is 2. The molecule has 0 saturated carbocycles. The highest BCUT2D eigenvalue weighted by Crippen LogP contribution is 2.27. The van der Waals surface area contributed by atoms with Gasteiger partial charge in [0, 0.05) is 29.8 Å². The Kier molecular flexibility index (Phi) is 8.36. The topological polar surface area (TPSA) is 75.9 Å². The Bertz CT molecular complexity index is 1250. The maximum Gasteiger partial charge on any atom is 0.242 e. The highest BCUT2D eigenvalue weighted by molar-refractivity contribution is 6.30. The van der Waals surface area contributed by atoms with Crippen LogP contribution in [0.2, 0.25) is 5.02 Å². The molecule has 0 saturated heterocycles. The van der Waals surface area contributed by atoms with E-state index in [9.17, 15) is 14.0 Å². The van der Waals surface area contributed by atoms with Crippen molar-refractivity contribution in [3.05, 3.63) is 101 Å². The zero-order valence-corrected chi connectivity index (χ0v) is 20.4. The van der Waals surface area contributed by atoms with Crippen LogP contribution in [0.5, 0.6) is 11.5 Å². The largest absolute Gasteiger partial charge is 0.454 e. The van der Waals surface area contributed by atoms with Crippen molar-refractivity contribution in [2.75, 3.05) is 24.5 Å². The summed E-state index contributed by atoms with van der Waals surface area (Å²) in [5, 5.41) is 0.533. The average Bonchev–Trinajstić information content (AvgIpc) is 3.09. The summed E-state index contributed by atoms with van der Waals surface area (Å²) in [5.74, 6) is -0.405. The third-order valence-electron chi connectivity index (χ3n) is 5.85. The molecule has 1 aliphatic rings. The number of benzene rings is 3. The van der Waals surface area contributed by atoms with Crippen molar-refractivity contribution in [3.63, 3.8) is 0 Å². The number of nitrogens with zero attached hydrogens (tertiary/aromatic N) is 2. The zero-order chi connectivity index (χ0) is 25.5. The Balaban J connectivity index is 1.54. The molecule has 0 aliphatic carbocycles. The van der Waals surface area contributed by atoms with E-state index in [0.717, 1.165) is 5.56 Å². The minimum atomic E-state index is -0.475. The molecule has 6 nitrogen and oxygen atoms in total. The lowest BCUT2D eigenvalue weighted by atomic mass is 10.1. The van der Waals surface area contributed by atoms with Gasteiger partial charge < -0.3 is 20.3 Å². The van der Waals surface area contributed by atoms with E-state index in [-0.39, 0.29) is 36.6 Å². The second kappa shape index (κ2) is 11.8. The van der Waals surface area contributed by atoms with Gasteiger partial charge in [0.1, 0.15) is 12.3 Å². The van der Waals surface area contributed by atoms with Gasteiger partial charge in [-0.2, -0.15) is 0 Å². The summed E-state index contributed by atoms with van der Waals surface area (Å²) in [4.78, 5) is 29.7. The summed E-state index contributed by atoms with van der Waals surface area (Å²) in [6, 6.07) is 19.7. The van der Waals surface area contributed by atoms with Gasteiger partial charge >= 0.3 is 0 Å². The Labute approximate surface area is 214 Å². The van der Waals surface area contributed by atoms with Crippen molar-refractivity contribution >= 4 is 29.1 Å². The van der Waals surface area contributed by atoms with E-state index in [1.165, 1.54) is 17.0 Å². The number of nitrogens with two attached hydrogens (primary N) is 1. The van der Waals surface area contributed by atoms with E-state index in [4.69, 9.17) is 22.1 Å². The highest BCUT2D eigenvalue weighted by Gasteiger charge is 2.24. The lowest BCUT2D eigenvalue weighted by Crippen LogP contribution is -2.44. The van der Waals surface area contributed by atoms with E-state index in [2.05, 4.69) is 0 Å². The fourth-order valence-corrected chi connectivity index (χ4v) is 4.12. The number of halogens is 2. The van der Waals surface area contributed by atoms with Gasteiger partial charge in [0.05, 0.1) is 6.42 Å². The molecule has 0 spiro atoms. The maximum absolute atomic E-state index is 14.0. The van der Waals surface area contributed by atoms with Crippen LogP contribution >= 0.6 is 11.6 Å². The Hall–Kier alpha value is -3.68. The summed E-state index contributed by atoms with van der Waals surface area (Å²) >= 11 is 6.09. The van der Waals surface area contributed by atoms with Gasteiger partial charge in [-0.3, -0.25) is 9.59 Å². The first-order valence-electron chi connectivity index (χ1n) is 11.7. The number of para-hydroxylation sites is 1. The number of rotatable bonds is 7. The van der Waals surface area contributed by atoms with E-state index >= 15 is 0 Å². The number of anilines is 1. The third kappa shape index (κ3) is 6.71. The molecular formula is C28H27ClFN3O3. The second-order valence-corrected chi connectivity index (χ2v) is 8.97. The smallest absolute Gasteiger partial charge is 0.242 e. The summed E-state index contributed by atoms with van der Waals surface area (Å²) in [6.07, 6.45) is 4.50. The van der Waals surface area contributed by atoms with Crippen LogP contribution < -0.4 is 15.4 Å². The van der Waals surface area contributed by atoms with Gasteiger partial charge in [0.2, 0.25) is 11.8 Å². The van der Waals surface area contributed by atoms with E-state index in [0.29, 0.717) is 36.0 Å². The van der Waals surface area contributed by atoms with Crippen LogP contribution in [-0.4, -0.2) is 42.4 Å².